The van der Waals surface area contributed by atoms with Crippen LogP contribution in [-0.4, -0.2) is 61.8 Å². The lowest BCUT2D eigenvalue weighted by Crippen LogP contribution is -2.00. The first-order chi connectivity index (χ1) is 14.3. The number of aromatic hydroxyl groups is 2. The molecule has 0 fully saturated rings. The predicted molar refractivity (Wildman–Crippen MR) is 98.7 cm³/mol. The van der Waals surface area contributed by atoms with Crippen LogP contribution in [0.2, 0.25) is 0 Å². The Morgan fingerprint density at radius 2 is 1.32 bits per heavy atom. The van der Waals surface area contributed by atoms with E-state index in [1.807, 2.05) is 0 Å². The first-order valence-electron chi connectivity index (χ1n) is 7.57. The topological polar surface area (TPSA) is 240 Å². The Kier molecular flexibility index (Phi) is 10.0. The Labute approximate surface area is 172 Å². The number of ether oxygens (including phenoxy) is 2. The number of hydrogen-bond acceptors (Lipinski definition) is 10. The summed E-state index contributed by atoms with van der Waals surface area (Å²) in [6.45, 7) is 0. The summed E-state index contributed by atoms with van der Waals surface area (Å²) >= 11 is 0. The highest BCUT2D eigenvalue weighted by molar-refractivity contribution is 5.90. The molecule has 2 aromatic rings. The van der Waals surface area contributed by atoms with Crippen LogP contribution in [0.15, 0.2) is 30.3 Å². The summed E-state index contributed by atoms with van der Waals surface area (Å²) in [7, 11) is 2.53. The largest absolute Gasteiger partial charge is 0.504 e. The predicted octanol–water partition coefficient (Wildman–Crippen LogP) is 1.76. The fraction of sp³-hybridized carbons (Fsp3) is 0.125. The summed E-state index contributed by atoms with van der Waals surface area (Å²) in [4.78, 5) is 39.0. The van der Waals surface area contributed by atoms with Gasteiger partial charge in [-0.3, -0.25) is 10.1 Å². The highest BCUT2D eigenvalue weighted by Gasteiger charge is 2.22. The molecule has 0 radical (unpaired) electrons. The molecule has 0 saturated carbocycles. The molecular weight excluding hydrogens is 428 g/mol. The quantitative estimate of drug-likeness (QED) is 0.326. The number of aromatic carboxylic acids is 2. The number of phenols is 2. The van der Waals surface area contributed by atoms with Crippen LogP contribution in [0.25, 0.3) is 0 Å². The molecule has 0 aliphatic rings. The molecule has 0 saturated heterocycles. The van der Waals surface area contributed by atoms with Gasteiger partial charge in [0.2, 0.25) is 5.75 Å². The van der Waals surface area contributed by atoms with E-state index in [-0.39, 0.29) is 28.4 Å². The number of nitrogens with zero attached hydrogens (tertiary/aromatic N) is 2. The van der Waals surface area contributed by atoms with Gasteiger partial charge in [0.15, 0.2) is 17.2 Å². The second kappa shape index (κ2) is 11.9. The smallest absolute Gasteiger partial charge is 0.336 e. The highest BCUT2D eigenvalue weighted by Crippen LogP contribution is 2.36. The van der Waals surface area contributed by atoms with E-state index in [2.05, 4.69) is 4.74 Å². The van der Waals surface area contributed by atoms with Crippen molar-refractivity contribution in [3.8, 4) is 23.0 Å². The molecule has 15 nitrogen and oxygen atoms in total. The molecule has 0 aliphatic heterocycles. The van der Waals surface area contributed by atoms with Crippen molar-refractivity contribution in [1.29, 1.82) is 0 Å². The molecule has 2 rings (SSSR count). The van der Waals surface area contributed by atoms with Gasteiger partial charge >= 0.3 is 17.6 Å². The Balaban J connectivity index is 0.000000504. The number of nitro benzene ring substituents is 1. The zero-order valence-corrected chi connectivity index (χ0v) is 15.8. The molecule has 0 bridgehead atoms. The normalized spacial score (nSPS) is 9.10. The van der Waals surface area contributed by atoms with E-state index in [1.54, 1.807) is 0 Å². The third kappa shape index (κ3) is 8.38. The SMILES string of the molecule is COc1cc(C(=O)O)cc([N+](=O)[O-])c1O.COc1cc(C(=O)O)ccc1O.O=[N+]([O-])O. The van der Waals surface area contributed by atoms with E-state index < -0.39 is 33.4 Å². The molecule has 168 valence electrons. The number of carboxylic acids is 2. The highest BCUT2D eigenvalue weighted by atomic mass is 16.9. The van der Waals surface area contributed by atoms with Crippen LogP contribution in [0.3, 0.4) is 0 Å². The fourth-order valence-electron chi connectivity index (χ4n) is 1.82. The Hall–Kier alpha value is -4.82. The van der Waals surface area contributed by atoms with Gasteiger partial charge < -0.3 is 35.1 Å². The maximum Gasteiger partial charge on any atom is 0.336 e. The number of carbonyl (C=O) groups is 2. The van der Waals surface area contributed by atoms with E-state index in [4.69, 9.17) is 35.4 Å². The molecule has 0 aliphatic carbocycles. The average Bonchev–Trinajstić information content (AvgIpc) is 2.68. The molecule has 2 aromatic carbocycles. The Morgan fingerprint density at radius 3 is 1.71 bits per heavy atom. The number of benzene rings is 2. The second-order valence-corrected chi connectivity index (χ2v) is 5.04. The molecule has 0 aromatic heterocycles. The summed E-state index contributed by atoms with van der Waals surface area (Å²) in [5, 5.41) is 59.7. The number of hydrogen-bond donors (Lipinski definition) is 5. The number of methoxy groups -OCH3 is 2. The number of phenolic OH excluding ortho intramolecular Hbond substituents is 2. The van der Waals surface area contributed by atoms with Crippen molar-refractivity contribution in [2.24, 2.45) is 0 Å². The van der Waals surface area contributed by atoms with Gasteiger partial charge in [0.25, 0.3) is 5.09 Å². The Morgan fingerprint density at radius 1 is 0.871 bits per heavy atom. The maximum atomic E-state index is 10.6. The van der Waals surface area contributed by atoms with Crippen molar-refractivity contribution in [3.63, 3.8) is 0 Å². The summed E-state index contributed by atoms with van der Waals surface area (Å²) in [6.07, 6.45) is 0. The maximum absolute atomic E-state index is 10.6. The average molecular weight is 444 g/mol. The van der Waals surface area contributed by atoms with Crippen LogP contribution in [0.4, 0.5) is 5.69 Å². The molecule has 5 N–H and O–H groups in total. The lowest BCUT2D eigenvalue weighted by atomic mass is 10.1. The van der Waals surface area contributed by atoms with E-state index >= 15 is 0 Å². The summed E-state index contributed by atoms with van der Waals surface area (Å²) in [5.41, 5.74) is -0.937. The van der Waals surface area contributed by atoms with Gasteiger partial charge in [-0.05, 0) is 24.3 Å². The van der Waals surface area contributed by atoms with Gasteiger partial charge in [0.05, 0.1) is 30.3 Å². The van der Waals surface area contributed by atoms with Crippen molar-refractivity contribution in [1.82, 2.24) is 0 Å². The lowest BCUT2D eigenvalue weighted by molar-refractivity contribution is -0.742. The van der Waals surface area contributed by atoms with Crippen molar-refractivity contribution in [2.45, 2.75) is 0 Å². The zero-order chi connectivity index (χ0) is 24.3. The molecule has 0 spiro atoms. The van der Waals surface area contributed by atoms with Crippen LogP contribution < -0.4 is 9.47 Å². The van der Waals surface area contributed by atoms with E-state index in [1.165, 1.54) is 32.4 Å². The molecule has 0 amide bonds. The standard InChI is InChI=1S/C8H7NO6.C8H8O4.HNO3/c1-15-6-3-4(8(11)12)2-5(7(6)10)9(13)14;1-12-7-4-5(8(10)11)2-3-6(7)9;2-1(3)4/h2-3,10H,1H3,(H,11,12);2-4,9H,1H3,(H,10,11);(H,2,3,4). The van der Waals surface area contributed by atoms with Gasteiger partial charge in [-0.15, -0.1) is 10.1 Å². The Bertz CT molecular complexity index is 970. The summed E-state index contributed by atoms with van der Waals surface area (Å²) < 4.78 is 9.33. The first-order valence-corrected chi connectivity index (χ1v) is 7.57. The van der Waals surface area contributed by atoms with E-state index in [9.17, 15) is 24.8 Å². The second-order valence-electron chi connectivity index (χ2n) is 5.04. The van der Waals surface area contributed by atoms with Gasteiger partial charge in [-0.1, -0.05) is 0 Å². The number of carboxylic acid groups (broad SMARTS) is 2. The van der Waals surface area contributed by atoms with Crippen molar-refractivity contribution in [3.05, 3.63) is 61.7 Å². The van der Waals surface area contributed by atoms with E-state index in [0.717, 1.165) is 12.1 Å². The summed E-state index contributed by atoms with van der Waals surface area (Å²) in [5.74, 6) is -3.23. The van der Waals surface area contributed by atoms with Crippen molar-refractivity contribution in [2.75, 3.05) is 14.2 Å². The summed E-state index contributed by atoms with van der Waals surface area (Å²) in [6, 6.07) is 5.62. The van der Waals surface area contributed by atoms with Crippen LogP contribution in [0.1, 0.15) is 20.7 Å². The van der Waals surface area contributed by atoms with Crippen LogP contribution in [-0.2, 0) is 0 Å². The van der Waals surface area contributed by atoms with Gasteiger partial charge in [0, 0.05) is 6.07 Å². The molecule has 15 heteroatoms. The van der Waals surface area contributed by atoms with Crippen molar-refractivity contribution >= 4 is 17.6 Å². The minimum Gasteiger partial charge on any atom is -0.504 e. The third-order valence-corrected chi connectivity index (χ3v) is 3.15. The van der Waals surface area contributed by atoms with Crippen LogP contribution in [0, 0.1) is 20.2 Å². The van der Waals surface area contributed by atoms with E-state index in [0.29, 0.717) is 0 Å². The minimum absolute atomic E-state index is 0.0671. The molecule has 31 heavy (non-hydrogen) atoms. The molecule has 0 atom stereocenters. The zero-order valence-electron chi connectivity index (χ0n) is 15.8. The molecule has 0 unspecified atom stereocenters. The van der Waals surface area contributed by atoms with Crippen LogP contribution in [0.5, 0.6) is 23.0 Å². The monoisotopic (exact) mass is 444 g/mol. The van der Waals surface area contributed by atoms with Gasteiger partial charge in [-0.2, -0.15) is 0 Å². The molecular formula is C16H16N2O13. The van der Waals surface area contributed by atoms with Crippen LogP contribution >= 0.6 is 0 Å². The third-order valence-electron chi connectivity index (χ3n) is 3.15. The minimum atomic E-state index is -1.50. The lowest BCUT2D eigenvalue weighted by Gasteiger charge is -2.04. The fourth-order valence-corrected chi connectivity index (χ4v) is 1.82. The van der Waals surface area contributed by atoms with Gasteiger partial charge in [0.1, 0.15) is 0 Å². The van der Waals surface area contributed by atoms with Gasteiger partial charge in [-0.25, -0.2) is 9.59 Å². The number of nitro groups is 1. The van der Waals surface area contributed by atoms with Crippen molar-refractivity contribution < 1.29 is 54.7 Å². The molecule has 0 heterocycles. The number of rotatable bonds is 5. The first kappa shape index (κ1) is 26.2.